The third-order valence-corrected chi connectivity index (χ3v) is 7.36. The lowest BCUT2D eigenvalue weighted by Crippen LogP contribution is -2.49. The highest BCUT2D eigenvalue weighted by Crippen LogP contribution is 2.31. The van der Waals surface area contributed by atoms with Gasteiger partial charge in [-0.2, -0.15) is 0 Å². The Morgan fingerprint density at radius 3 is 2.23 bits per heavy atom. The summed E-state index contributed by atoms with van der Waals surface area (Å²) in [7, 11) is 3.29. The number of carbonyl (C=O) groups excluding carboxylic acids is 2. The molecule has 9 nitrogen and oxygen atoms in total. The predicted octanol–water partition coefficient (Wildman–Crippen LogP) is 3.86. The van der Waals surface area contributed by atoms with Crippen molar-refractivity contribution in [2.45, 2.75) is 91.3 Å². The summed E-state index contributed by atoms with van der Waals surface area (Å²) in [5.74, 6) is 0.564. The van der Waals surface area contributed by atoms with Crippen molar-refractivity contribution in [1.29, 1.82) is 0 Å². The van der Waals surface area contributed by atoms with E-state index in [1.807, 2.05) is 39.0 Å². The standard InChI is InChI=1S/C30H53N3O6.ClH/c1-8-10-25(29(32)35)33-30(36)23(20(4)5)18-26(34)24(31)17-22(19(2)3)15-21-11-12-27(38-7)28(16-21)39-14-9-13-37-6;/h11-12,16,19-20,22-26,34H,8-10,13-15,17-18,31H2,1-7H3,(H2,32,35)(H,33,36);1H/t22-,23-,24-,25-,26-;/m0./s1. The molecule has 2 amide bonds. The number of benzene rings is 1. The van der Waals surface area contributed by atoms with E-state index < -0.39 is 30.0 Å². The number of halogens is 1. The molecule has 232 valence electrons. The smallest absolute Gasteiger partial charge is 0.239 e. The SMILES string of the molecule is CCC[C@H](NC(=O)[C@@H](C[C@H](O)[C@@H](N)C[C@H](Cc1ccc(OC)c(OCCCOC)c1)C(C)C)C(C)C)C(N)=O.Cl. The topological polar surface area (TPSA) is 146 Å². The molecule has 1 aromatic rings. The molecule has 0 fully saturated rings. The van der Waals surface area contributed by atoms with Crippen LogP contribution in [-0.2, 0) is 20.7 Å². The summed E-state index contributed by atoms with van der Waals surface area (Å²) >= 11 is 0. The van der Waals surface area contributed by atoms with E-state index in [0.29, 0.717) is 43.5 Å². The molecule has 0 spiro atoms. The van der Waals surface area contributed by atoms with E-state index in [0.717, 1.165) is 24.8 Å². The highest BCUT2D eigenvalue weighted by atomic mass is 35.5. The summed E-state index contributed by atoms with van der Waals surface area (Å²) in [4.78, 5) is 24.7. The van der Waals surface area contributed by atoms with Gasteiger partial charge in [-0.1, -0.05) is 47.1 Å². The molecule has 0 aliphatic carbocycles. The van der Waals surface area contributed by atoms with Gasteiger partial charge in [0.1, 0.15) is 6.04 Å². The van der Waals surface area contributed by atoms with E-state index in [-0.39, 0.29) is 36.6 Å². The molecule has 0 aliphatic rings. The molecule has 0 radical (unpaired) electrons. The number of methoxy groups -OCH3 is 2. The van der Waals surface area contributed by atoms with Crippen molar-refractivity contribution in [3.8, 4) is 11.5 Å². The van der Waals surface area contributed by atoms with Crippen LogP contribution in [0.4, 0.5) is 0 Å². The average Bonchev–Trinajstić information content (AvgIpc) is 2.88. The number of rotatable bonds is 20. The van der Waals surface area contributed by atoms with Crippen LogP contribution in [0, 0.1) is 23.7 Å². The largest absolute Gasteiger partial charge is 0.493 e. The predicted molar refractivity (Wildman–Crippen MR) is 162 cm³/mol. The van der Waals surface area contributed by atoms with Gasteiger partial charge in [-0.3, -0.25) is 9.59 Å². The lowest BCUT2D eigenvalue weighted by molar-refractivity contribution is -0.132. The molecular weight excluding hydrogens is 534 g/mol. The molecule has 0 saturated carbocycles. The van der Waals surface area contributed by atoms with Crippen LogP contribution in [0.2, 0.25) is 0 Å². The van der Waals surface area contributed by atoms with E-state index in [4.69, 9.17) is 25.7 Å². The van der Waals surface area contributed by atoms with Crippen LogP contribution in [0.1, 0.15) is 72.3 Å². The number of primary amides is 1. The molecule has 0 unspecified atom stereocenters. The summed E-state index contributed by atoms with van der Waals surface area (Å²) in [6.45, 7) is 11.2. The molecule has 6 N–H and O–H groups in total. The van der Waals surface area contributed by atoms with Crippen LogP contribution >= 0.6 is 12.4 Å². The van der Waals surface area contributed by atoms with Crippen molar-refractivity contribution >= 4 is 24.2 Å². The molecular formula is C30H54ClN3O6. The first-order chi connectivity index (χ1) is 18.4. The summed E-state index contributed by atoms with van der Waals surface area (Å²) in [5, 5.41) is 13.8. The number of nitrogens with one attached hydrogen (secondary N) is 1. The Bertz CT molecular complexity index is 870. The van der Waals surface area contributed by atoms with Crippen LogP contribution in [0.25, 0.3) is 0 Å². The quantitative estimate of drug-likeness (QED) is 0.169. The highest BCUT2D eigenvalue weighted by Gasteiger charge is 2.31. The highest BCUT2D eigenvalue weighted by molar-refractivity contribution is 5.87. The maximum Gasteiger partial charge on any atom is 0.239 e. The van der Waals surface area contributed by atoms with Gasteiger partial charge in [-0.05, 0) is 61.1 Å². The van der Waals surface area contributed by atoms with Crippen LogP contribution in [0.3, 0.4) is 0 Å². The lowest BCUT2D eigenvalue weighted by Gasteiger charge is -2.30. The molecule has 1 aromatic carbocycles. The van der Waals surface area contributed by atoms with E-state index in [1.165, 1.54) is 0 Å². The van der Waals surface area contributed by atoms with Gasteiger partial charge in [-0.15, -0.1) is 12.4 Å². The first kappa shape index (κ1) is 37.9. The van der Waals surface area contributed by atoms with Gasteiger partial charge in [0.05, 0.1) is 19.8 Å². The van der Waals surface area contributed by atoms with Gasteiger partial charge >= 0.3 is 0 Å². The summed E-state index contributed by atoms with van der Waals surface area (Å²) in [5.41, 5.74) is 13.1. The summed E-state index contributed by atoms with van der Waals surface area (Å²) in [6.07, 6.45) is 2.70. The average molecular weight is 588 g/mol. The Labute approximate surface area is 247 Å². The normalized spacial score (nSPS) is 15.1. The zero-order valence-corrected chi connectivity index (χ0v) is 26.3. The van der Waals surface area contributed by atoms with Crippen LogP contribution < -0.4 is 26.3 Å². The molecule has 10 heteroatoms. The van der Waals surface area contributed by atoms with Crippen molar-refractivity contribution in [3.63, 3.8) is 0 Å². The number of ether oxygens (including phenoxy) is 3. The van der Waals surface area contributed by atoms with Gasteiger partial charge < -0.3 is 36.1 Å². The van der Waals surface area contributed by atoms with Crippen LogP contribution in [-0.4, -0.2) is 62.5 Å². The van der Waals surface area contributed by atoms with E-state index >= 15 is 0 Å². The molecule has 0 aromatic heterocycles. The van der Waals surface area contributed by atoms with E-state index in [2.05, 4.69) is 19.2 Å². The zero-order valence-electron chi connectivity index (χ0n) is 25.5. The molecule has 1 rings (SSSR count). The van der Waals surface area contributed by atoms with Gasteiger partial charge in [0.25, 0.3) is 0 Å². The first-order valence-electron chi connectivity index (χ1n) is 14.3. The van der Waals surface area contributed by atoms with Crippen molar-refractivity contribution in [2.24, 2.45) is 35.1 Å². The second-order valence-electron chi connectivity index (χ2n) is 11.2. The van der Waals surface area contributed by atoms with Crippen molar-refractivity contribution < 1.29 is 28.9 Å². The molecule has 0 saturated heterocycles. The minimum absolute atomic E-state index is 0. The Morgan fingerprint density at radius 2 is 1.70 bits per heavy atom. The lowest BCUT2D eigenvalue weighted by atomic mass is 9.80. The van der Waals surface area contributed by atoms with Crippen molar-refractivity contribution in [2.75, 3.05) is 27.4 Å². The van der Waals surface area contributed by atoms with Crippen LogP contribution in [0.5, 0.6) is 11.5 Å². The van der Waals surface area contributed by atoms with Gasteiger partial charge in [0.15, 0.2) is 11.5 Å². The van der Waals surface area contributed by atoms with Crippen LogP contribution in [0.15, 0.2) is 18.2 Å². The molecule has 0 aliphatic heterocycles. The molecule has 0 heterocycles. The number of hydrogen-bond donors (Lipinski definition) is 4. The fourth-order valence-corrected chi connectivity index (χ4v) is 4.72. The minimum atomic E-state index is -0.863. The second kappa shape index (κ2) is 19.9. The summed E-state index contributed by atoms with van der Waals surface area (Å²) < 4.78 is 16.5. The fraction of sp³-hybridized carbons (Fsp3) is 0.733. The first-order valence-corrected chi connectivity index (χ1v) is 14.3. The number of amides is 2. The van der Waals surface area contributed by atoms with Gasteiger partial charge in [0, 0.05) is 32.1 Å². The number of hydrogen-bond acceptors (Lipinski definition) is 7. The number of nitrogens with two attached hydrogens (primary N) is 2. The Hall–Kier alpha value is -2.07. The Morgan fingerprint density at radius 1 is 1.02 bits per heavy atom. The minimum Gasteiger partial charge on any atom is -0.493 e. The van der Waals surface area contributed by atoms with E-state index in [9.17, 15) is 14.7 Å². The monoisotopic (exact) mass is 587 g/mol. The maximum absolute atomic E-state index is 13.0. The Balaban J connectivity index is 0.0000152. The van der Waals surface area contributed by atoms with Gasteiger partial charge in [0.2, 0.25) is 11.8 Å². The van der Waals surface area contributed by atoms with Crippen molar-refractivity contribution in [1.82, 2.24) is 5.32 Å². The maximum atomic E-state index is 13.0. The zero-order chi connectivity index (χ0) is 29.5. The molecule has 5 atom stereocenters. The summed E-state index contributed by atoms with van der Waals surface area (Å²) in [6, 6.07) is 4.74. The Kier molecular flexibility index (Phi) is 18.9. The second-order valence-corrected chi connectivity index (χ2v) is 11.2. The fourth-order valence-electron chi connectivity index (χ4n) is 4.72. The number of aliphatic hydroxyl groups excluding tert-OH is 1. The molecule has 40 heavy (non-hydrogen) atoms. The third kappa shape index (κ3) is 13.1. The van der Waals surface area contributed by atoms with Gasteiger partial charge in [-0.25, -0.2) is 0 Å². The molecule has 0 bridgehead atoms. The number of carbonyl (C=O) groups is 2. The third-order valence-electron chi connectivity index (χ3n) is 7.36. The number of aliphatic hydroxyl groups is 1. The van der Waals surface area contributed by atoms with E-state index in [1.54, 1.807) is 14.2 Å². The van der Waals surface area contributed by atoms with Crippen molar-refractivity contribution in [3.05, 3.63) is 23.8 Å².